The van der Waals surface area contributed by atoms with E-state index in [0.717, 1.165) is 24.3 Å². The minimum atomic E-state index is -0.475. The van der Waals surface area contributed by atoms with Crippen molar-refractivity contribution in [3.63, 3.8) is 0 Å². The molecule has 0 aliphatic carbocycles. The van der Waals surface area contributed by atoms with Gasteiger partial charge in [-0.3, -0.25) is 43.3 Å². The number of carbonyl (C=O) groups is 1. The largest absolute Gasteiger partial charge is 0.435 e. The number of thioether (sulfide) groups is 3. The third-order valence-electron chi connectivity index (χ3n) is 6.60. The lowest BCUT2D eigenvalue weighted by Gasteiger charge is -2.13. The summed E-state index contributed by atoms with van der Waals surface area (Å²) in [5.41, 5.74) is -2.34. The Labute approximate surface area is 308 Å². The molecule has 6 atom stereocenters. The molecule has 3 aromatic heterocycles. The molecule has 0 aromatic carbocycles. The standard InChI is InChI=1S/C11H12N2O4S.C9H12N2O3S.C7H12O3S.C4H4N2O2/c1-2-5-16-6-10-17-9(7-18-10)13-4-3-8(14)12-11(13)15;1-2-8-14-7(5-15-8)11-4-3-6(12)10-9(11)13;1-3-7-10-6(4-11-7)9-5(2)8;7-3-1-2-5-4(8)6-3/h1,3-4,9-10H,5-7H2,(H,12,14,15);3-4,7-8H,2,5H2,1H3,(H,10,12,13);6-7H,3-4H2,1-2H3;1-2H,(H2,5,6,7,8)/t9-,10+;7-,8+;6?,7-;/m110./s1. The fourth-order valence-corrected chi connectivity index (χ4v) is 7.31. The van der Waals surface area contributed by atoms with Gasteiger partial charge < -0.3 is 28.7 Å². The molecule has 3 fully saturated rings. The molecule has 3 aliphatic rings. The van der Waals surface area contributed by atoms with Gasteiger partial charge in [0.1, 0.15) is 35.4 Å². The highest BCUT2D eigenvalue weighted by molar-refractivity contribution is 8.00. The first-order chi connectivity index (χ1) is 24.9. The lowest BCUT2D eigenvalue weighted by Crippen LogP contribution is -2.32. The zero-order valence-corrected chi connectivity index (χ0v) is 30.9. The van der Waals surface area contributed by atoms with Crippen LogP contribution in [0.2, 0.25) is 0 Å². The molecule has 3 aliphatic heterocycles. The summed E-state index contributed by atoms with van der Waals surface area (Å²) < 4.78 is 29.4. The fraction of sp³-hybridized carbons (Fsp3) is 0.516. The van der Waals surface area contributed by atoms with Gasteiger partial charge >= 0.3 is 23.0 Å². The number of hydrogen-bond acceptors (Lipinski definition) is 15. The van der Waals surface area contributed by atoms with Crippen LogP contribution in [0.15, 0.2) is 65.6 Å². The Kier molecular flexibility index (Phi) is 18.0. The van der Waals surface area contributed by atoms with Crippen LogP contribution >= 0.6 is 35.3 Å². The number of esters is 1. The number of nitrogens with one attached hydrogen (secondary N) is 4. The van der Waals surface area contributed by atoms with Crippen molar-refractivity contribution in [3.8, 4) is 12.3 Å². The number of terminal acetylenes is 1. The first-order valence-corrected chi connectivity index (χ1v) is 19.0. The third-order valence-corrected chi connectivity index (χ3v) is 10.3. The lowest BCUT2D eigenvalue weighted by molar-refractivity contribution is -0.170. The molecule has 0 saturated carbocycles. The van der Waals surface area contributed by atoms with E-state index in [1.54, 1.807) is 35.3 Å². The minimum absolute atomic E-state index is 0.147. The van der Waals surface area contributed by atoms with Crippen LogP contribution in [0.3, 0.4) is 0 Å². The van der Waals surface area contributed by atoms with Gasteiger partial charge in [0.15, 0.2) is 0 Å². The maximum absolute atomic E-state index is 11.6. The number of H-pyrrole nitrogens is 4. The first kappa shape index (κ1) is 42.4. The second kappa shape index (κ2) is 22.1. The third kappa shape index (κ3) is 14.5. The van der Waals surface area contributed by atoms with Gasteiger partial charge in [0, 0.05) is 55.2 Å². The van der Waals surface area contributed by atoms with Crippen molar-refractivity contribution in [2.24, 2.45) is 0 Å². The van der Waals surface area contributed by atoms with Crippen molar-refractivity contribution in [2.45, 2.75) is 68.7 Å². The molecule has 21 heteroatoms. The van der Waals surface area contributed by atoms with Crippen molar-refractivity contribution >= 4 is 41.3 Å². The Bertz CT molecular complexity index is 1940. The fourth-order valence-electron chi connectivity index (χ4n) is 4.28. The summed E-state index contributed by atoms with van der Waals surface area (Å²) in [7, 11) is 0. The maximum Gasteiger partial charge on any atom is 0.330 e. The van der Waals surface area contributed by atoms with Gasteiger partial charge in [0.2, 0.25) is 6.29 Å². The maximum atomic E-state index is 11.6. The van der Waals surface area contributed by atoms with Gasteiger partial charge in [-0.05, 0) is 12.8 Å². The smallest absolute Gasteiger partial charge is 0.330 e. The summed E-state index contributed by atoms with van der Waals surface area (Å²) in [4.78, 5) is 84.3. The molecule has 284 valence electrons. The molecular formula is C31H40N6O12S3. The Morgan fingerprint density at radius 2 is 1.33 bits per heavy atom. The van der Waals surface area contributed by atoms with Crippen LogP contribution in [0.4, 0.5) is 0 Å². The highest BCUT2D eigenvalue weighted by Gasteiger charge is 2.29. The molecule has 3 saturated heterocycles. The SMILES string of the molecule is C#CCOC[C@H]1O[C@@H](n2ccc(=O)[nH]c2=O)CS1.CC[C@H]1OC(OC(C)=O)CS1.CC[C@H]1O[C@@H](n2ccc(=O)[nH]c2=O)CS1.O=c1cc[nH]c(=O)[nH]1. The topological polar surface area (TPSA) is 239 Å². The second-order valence-corrected chi connectivity index (χ2v) is 14.1. The first-order valence-electron chi connectivity index (χ1n) is 15.8. The molecule has 6 rings (SSSR count). The van der Waals surface area contributed by atoms with E-state index in [1.807, 2.05) is 18.8 Å². The van der Waals surface area contributed by atoms with Crippen LogP contribution in [0.5, 0.6) is 0 Å². The molecule has 0 amide bonds. The van der Waals surface area contributed by atoms with Crippen molar-refractivity contribution in [3.05, 3.63) is 99.3 Å². The van der Waals surface area contributed by atoms with Gasteiger partial charge in [-0.15, -0.1) is 41.7 Å². The number of rotatable bonds is 8. The molecular weight excluding hydrogens is 745 g/mol. The van der Waals surface area contributed by atoms with Crippen LogP contribution < -0.4 is 33.7 Å². The Morgan fingerprint density at radius 3 is 1.77 bits per heavy atom. The number of carbonyl (C=O) groups excluding carboxylic acids is 1. The summed E-state index contributed by atoms with van der Waals surface area (Å²) in [6.07, 6.45) is 10.2. The van der Waals surface area contributed by atoms with Gasteiger partial charge in [0.25, 0.3) is 16.7 Å². The van der Waals surface area contributed by atoms with E-state index in [9.17, 15) is 33.6 Å². The molecule has 1 unspecified atom stereocenters. The van der Waals surface area contributed by atoms with E-state index in [2.05, 4.69) is 20.9 Å². The highest BCUT2D eigenvalue weighted by Crippen LogP contribution is 2.32. The summed E-state index contributed by atoms with van der Waals surface area (Å²) in [6, 6.07) is 3.85. The van der Waals surface area contributed by atoms with Crippen LogP contribution in [0.1, 0.15) is 46.1 Å². The number of hydrogen-bond donors (Lipinski definition) is 4. The van der Waals surface area contributed by atoms with E-state index >= 15 is 0 Å². The molecule has 3 aromatic rings. The Balaban J connectivity index is 0.000000195. The van der Waals surface area contributed by atoms with Gasteiger partial charge in [0.05, 0.1) is 12.4 Å². The number of aromatic nitrogens is 6. The van der Waals surface area contributed by atoms with Crippen molar-refractivity contribution < 1.29 is 28.5 Å². The van der Waals surface area contributed by atoms with Gasteiger partial charge in [-0.2, -0.15) is 0 Å². The van der Waals surface area contributed by atoms with E-state index in [1.165, 1.54) is 52.8 Å². The summed E-state index contributed by atoms with van der Waals surface area (Å²) in [5, 5.41) is 0. The zero-order valence-electron chi connectivity index (χ0n) is 28.5. The normalized spacial score (nSPS) is 23.1. The summed E-state index contributed by atoms with van der Waals surface area (Å²) in [5.74, 6) is 4.22. The monoisotopic (exact) mass is 784 g/mol. The summed E-state index contributed by atoms with van der Waals surface area (Å²) >= 11 is 4.92. The average molecular weight is 785 g/mol. The van der Waals surface area contributed by atoms with Gasteiger partial charge in [-0.25, -0.2) is 14.4 Å². The predicted molar refractivity (Wildman–Crippen MR) is 196 cm³/mol. The number of aromatic amines is 4. The molecule has 4 N–H and O–H groups in total. The van der Waals surface area contributed by atoms with E-state index in [4.69, 9.17) is 30.1 Å². The molecule has 0 spiro atoms. The predicted octanol–water partition coefficient (Wildman–Crippen LogP) is 0.748. The van der Waals surface area contributed by atoms with E-state index < -0.39 is 28.9 Å². The molecule has 0 radical (unpaired) electrons. The van der Waals surface area contributed by atoms with Crippen LogP contribution in [-0.2, 0) is 28.5 Å². The van der Waals surface area contributed by atoms with Crippen LogP contribution in [0.25, 0.3) is 0 Å². The Hall–Kier alpha value is -4.04. The molecule has 6 heterocycles. The quantitative estimate of drug-likeness (QED) is 0.140. The highest BCUT2D eigenvalue weighted by atomic mass is 32.2. The van der Waals surface area contributed by atoms with E-state index in [0.29, 0.717) is 12.4 Å². The second-order valence-electron chi connectivity index (χ2n) is 10.5. The Morgan fingerprint density at radius 1 is 0.808 bits per heavy atom. The van der Waals surface area contributed by atoms with Crippen molar-refractivity contribution in [2.75, 3.05) is 30.5 Å². The molecule has 52 heavy (non-hydrogen) atoms. The average Bonchev–Trinajstić information content (AvgIpc) is 3.87. The zero-order chi connectivity index (χ0) is 38.0. The minimum Gasteiger partial charge on any atom is -0.435 e. The molecule has 0 bridgehead atoms. The lowest BCUT2D eigenvalue weighted by atomic mass is 10.5. The molecule has 18 nitrogen and oxygen atoms in total. The van der Waals surface area contributed by atoms with E-state index in [-0.39, 0.29) is 52.5 Å². The van der Waals surface area contributed by atoms with Crippen molar-refractivity contribution in [1.82, 2.24) is 29.1 Å². The van der Waals surface area contributed by atoms with Crippen LogP contribution in [0, 0.1) is 12.3 Å². The van der Waals surface area contributed by atoms with Crippen molar-refractivity contribution in [1.29, 1.82) is 0 Å². The summed E-state index contributed by atoms with van der Waals surface area (Å²) in [6.45, 7) is 6.10. The van der Waals surface area contributed by atoms with Crippen LogP contribution in [-0.4, -0.2) is 88.1 Å². The van der Waals surface area contributed by atoms with Gasteiger partial charge in [-0.1, -0.05) is 19.8 Å². The number of ether oxygens (including phenoxy) is 5. The number of nitrogens with zero attached hydrogens (tertiary/aromatic N) is 2.